The largest absolute Gasteiger partial charge is 0.496 e. The summed E-state index contributed by atoms with van der Waals surface area (Å²) >= 11 is 0. The van der Waals surface area contributed by atoms with Crippen LogP contribution >= 0.6 is 0 Å². The van der Waals surface area contributed by atoms with Crippen LogP contribution in [0.5, 0.6) is 5.75 Å². The van der Waals surface area contributed by atoms with Crippen LogP contribution in [0.25, 0.3) is 0 Å². The van der Waals surface area contributed by atoms with E-state index in [2.05, 4.69) is 6.07 Å². The highest BCUT2D eigenvalue weighted by Gasteiger charge is 2.51. The third-order valence-corrected chi connectivity index (χ3v) is 3.44. The first-order valence-corrected chi connectivity index (χ1v) is 5.83. The average molecular weight is 234 g/mol. The summed E-state index contributed by atoms with van der Waals surface area (Å²) in [5, 5.41) is 0. The Morgan fingerprint density at radius 1 is 1.35 bits per heavy atom. The van der Waals surface area contributed by atoms with E-state index in [1.54, 1.807) is 7.11 Å². The lowest BCUT2D eigenvalue weighted by Crippen LogP contribution is -2.20. The van der Waals surface area contributed by atoms with E-state index >= 15 is 0 Å². The van der Waals surface area contributed by atoms with E-state index in [9.17, 15) is 4.79 Å². The maximum absolute atomic E-state index is 11.7. The van der Waals surface area contributed by atoms with Gasteiger partial charge in [-0.1, -0.05) is 17.7 Å². The van der Waals surface area contributed by atoms with Gasteiger partial charge in [-0.2, -0.15) is 0 Å². The molecule has 1 aliphatic carbocycles. The second-order valence-corrected chi connectivity index (χ2v) is 4.76. The van der Waals surface area contributed by atoms with Crippen molar-refractivity contribution >= 4 is 5.97 Å². The zero-order chi connectivity index (χ0) is 12.5. The van der Waals surface area contributed by atoms with E-state index in [1.807, 2.05) is 19.1 Å². The fourth-order valence-electron chi connectivity index (χ4n) is 2.23. The number of hydrogen-bond acceptors (Lipinski definition) is 3. The molecule has 1 fully saturated rings. The van der Waals surface area contributed by atoms with E-state index in [4.69, 9.17) is 9.47 Å². The maximum Gasteiger partial charge on any atom is 0.312 e. The molecule has 1 aromatic carbocycles. The highest BCUT2D eigenvalue weighted by molar-refractivity contribution is 5.80. The van der Waals surface area contributed by atoms with E-state index in [-0.39, 0.29) is 11.4 Å². The Morgan fingerprint density at radius 3 is 2.59 bits per heavy atom. The van der Waals surface area contributed by atoms with Gasteiger partial charge < -0.3 is 9.47 Å². The number of ether oxygens (including phenoxy) is 2. The van der Waals surface area contributed by atoms with Gasteiger partial charge in [0.05, 0.1) is 19.6 Å². The summed E-state index contributed by atoms with van der Waals surface area (Å²) in [5.41, 5.74) is 1.98. The molecule has 0 heterocycles. The van der Waals surface area contributed by atoms with Gasteiger partial charge in [-0.05, 0) is 37.8 Å². The van der Waals surface area contributed by atoms with Gasteiger partial charge >= 0.3 is 5.97 Å². The molecule has 0 bridgehead atoms. The van der Waals surface area contributed by atoms with Crippen molar-refractivity contribution in [2.75, 3.05) is 14.2 Å². The van der Waals surface area contributed by atoms with E-state index in [0.717, 1.165) is 24.2 Å². The Labute approximate surface area is 102 Å². The number of esters is 1. The van der Waals surface area contributed by atoms with E-state index in [1.165, 1.54) is 12.7 Å². The molecule has 0 N–H and O–H groups in total. The van der Waals surface area contributed by atoms with Crippen LogP contribution in [0.3, 0.4) is 0 Å². The molecule has 0 unspecified atom stereocenters. The number of benzene rings is 1. The zero-order valence-corrected chi connectivity index (χ0v) is 10.6. The van der Waals surface area contributed by atoms with Crippen LogP contribution in [-0.2, 0) is 16.0 Å². The van der Waals surface area contributed by atoms with Gasteiger partial charge in [0.1, 0.15) is 5.75 Å². The van der Waals surface area contributed by atoms with Crippen LogP contribution in [0.2, 0.25) is 0 Å². The van der Waals surface area contributed by atoms with Gasteiger partial charge in [0.15, 0.2) is 0 Å². The fraction of sp³-hybridized carbons (Fsp3) is 0.500. The first-order chi connectivity index (χ1) is 8.11. The van der Waals surface area contributed by atoms with Crippen molar-refractivity contribution < 1.29 is 14.3 Å². The Morgan fingerprint density at radius 2 is 2.06 bits per heavy atom. The van der Waals surface area contributed by atoms with Gasteiger partial charge in [-0.25, -0.2) is 0 Å². The van der Waals surface area contributed by atoms with Gasteiger partial charge in [0.25, 0.3) is 0 Å². The number of methoxy groups -OCH3 is 2. The lowest BCUT2D eigenvalue weighted by atomic mass is 9.95. The Hall–Kier alpha value is -1.51. The minimum absolute atomic E-state index is 0.0962. The van der Waals surface area contributed by atoms with Crippen LogP contribution < -0.4 is 4.74 Å². The van der Waals surface area contributed by atoms with Crippen LogP contribution in [0.1, 0.15) is 24.0 Å². The maximum atomic E-state index is 11.7. The molecule has 1 aliphatic rings. The van der Waals surface area contributed by atoms with Gasteiger partial charge in [0, 0.05) is 0 Å². The number of hydrogen-bond donors (Lipinski definition) is 0. The predicted octanol–water partition coefficient (Wildman–Crippen LogP) is 2.50. The van der Waals surface area contributed by atoms with Gasteiger partial charge in [-0.15, -0.1) is 0 Å². The van der Waals surface area contributed by atoms with Crippen molar-refractivity contribution in [3.8, 4) is 5.75 Å². The van der Waals surface area contributed by atoms with E-state index in [0.29, 0.717) is 6.42 Å². The summed E-state index contributed by atoms with van der Waals surface area (Å²) in [6, 6.07) is 6.06. The summed E-state index contributed by atoms with van der Waals surface area (Å²) in [4.78, 5) is 11.7. The third-order valence-electron chi connectivity index (χ3n) is 3.44. The molecule has 2 rings (SSSR count). The minimum atomic E-state index is -0.296. The van der Waals surface area contributed by atoms with Crippen molar-refractivity contribution in [3.05, 3.63) is 29.3 Å². The number of carbonyl (C=O) groups excluding carboxylic acids is 1. The monoisotopic (exact) mass is 234 g/mol. The molecule has 0 radical (unpaired) electrons. The molecule has 17 heavy (non-hydrogen) atoms. The van der Waals surface area contributed by atoms with Gasteiger partial charge in [-0.3, -0.25) is 4.79 Å². The number of rotatable bonds is 4. The number of aryl methyl sites for hydroxylation is 1. The molecular weight excluding hydrogens is 216 g/mol. The molecule has 0 amide bonds. The highest BCUT2D eigenvalue weighted by atomic mass is 16.5. The first kappa shape index (κ1) is 12.0. The Kier molecular flexibility index (Phi) is 3.09. The summed E-state index contributed by atoms with van der Waals surface area (Å²) in [5.74, 6) is 0.756. The summed E-state index contributed by atoms with van der Waals surface area (Å²) in [6.07, 6.45) is 2.54. The first-order valence-electron chi connectivity index (χ1n) is 5.83. The lowest BCUT2D eigenvalue weighted by Gasteiger charge is -2.15. The molecule has 92 valence electrons. The highest BCUT2D eigenvalue weighted by Crippen LogP contribution is 2.50. The molecule has 0 saturated heterocycles. The third kappa shape index (κ3) is 2.28. The van der Waals surface area contributed by atoms with Crippen molar-refractivity contribution in [2.24, 2.45) is 5.41 Å². The summed E-state index contributed by atoms with van der Waals surface area (Å²) < 4.78 is 10.2. The van der Waals surface area contributed by atoms with Crippen LogP contribution in [0, 0.1) is 12.3 Å². The molecule has 0 spiro atoms. The molecule has 3 nitrogen and oxygen atoms in total. The summed E-state index contributed by atoms with van der Waals surface area (Å²) in [7, 11) is 3.11. The second-order valence-electron chi connectivity index (χ2n) is 4.76. The SMILES string of the molecule is COC(=O)C1(Cc2cc(C)ccc2OC)CC1. The molecule has 1 saturated carbocycles. The van der Waals surface area contributed by atoms with Crippen molar-refractivity contribution in [3.63, 3.8) is 0 Å². The molecular formula is C14H18O3. The van der Waals surface area contributed by atoms with Crippen molar-refractivity contribution in [2.45, 2.75) is 26.2 Å². The average Bonchev–Trinajstić information content (AvgIpc) is 3.09. The Balaban J connectivity index is 2.24. The van der Waals surface area contributed by atoms with Gasteiger partial charge in [0.2, 0.25) is 0 Å². The topological polar surface area (TPSA) is 35.5 Å². The fourth-order valence-corrected chi connectivity index (χ4v) is 2.23. The molecule has 0 atom stereocenters. The lowest BCUT2D eigenvalue weighted by molar-refractivity contribution is -0.147. The van der Waals surface area contributed by atoms with Crippen LogP contribution in [0.15, 0.2) is 18.2 Å². The van der Waals surface area contributed by atoms with Crippen molar-refractivity contribution in [1.82, 2.24) is 0 Å². The second kappa shape index (κ2) is 4.40. The van der Waals surface area contributed by atoms with Crippen LogP contribution in [0.4, 0.5) is 0 Å². The standard InChI is InChI=1S/C14H18O3/c1-10-4-5-12(16-2)11(8-10)9-14(6-7-14)13(15)17-3/h4-5,8H,6-7,9H2,1-3H3. The smallest absolute Gasteiger partial charge is 0.312 e. The molecule has 1 aromatic rings. The predicted molar refractivity (Wildman–Crippen MR) is 65.1 cm³/mol. The number of carbonyl (C=O) groups is 1. The summed E-state index contributed by atoms with van der Waals surface area (Å²) in [6.45, 7) is 2.04. The van der Waals surface area contributed by atoms with Crippen LogP contribution in [-0.4, -0.2) is 20.2 Å². The van der Waals surface area contributed by atoms with E-state index < -0.39 is 0 Å². The molecule has 3 heteroatoms. The quantitative estimate of drug-likeness (QED) is 0.751. The molecule has 0 aromatic heterocycles. The molecule has 0 aliphatic heterocycles. The minimum Gasteiger partial charge on any atom is -0.496 e. The van der Waals surface area contributed by atoms with Crippen molar-refractivity contribution in [1.29, 1.82) is 0 Å². The normalized spacial score (nSPS) is 16.4. The Bertz CT molecular complexity index is 433. The zero-order valence-electron chi connectivity index (χ0n) is 10.6.